The lowest BCUT2D eigenvalue weighted by Gasteiger charge is -2.28. The Labute approximate surface area is 103 Å². The third-order valence-electron chi connectivity index (χ3n) is 3.53. The van der Waals surface area contributed by atoms with Gasteiger partial charge in [0.25, 0.3) is 0 Å². The van der Waals surface area contributed by atoms with Gasteiger partial charge in [0.05, 0.1) is 0 Å². The molecule has 1 heterocycles. The second kappa shape index (κ2) is 4.63. The van der Waals surface area contributed by atoms with Crippen LogP contribution in [0.4, 0.5) is 13.2 Å². The molecule has 0 aliphatic carbocycles. The average molecular weight is 257 g/mol. The Morgan fingerprint density at radius 1 is 1.22 bits per heavy atom. The van der Waals surface area contributed by atoms with Crippen molar-refractivity contribution in [3.8, 4) is 0 Å². The summed E-state index contributed by atoms with van der Waals surface area (Å²) in [7, 11) is 0. The molecule has 2 nitrogen and oxygen atoms in total. The normalized spacial score (nSPS) is 23.2. The van der Waals surface area contributed by atoms with E-state index in [2.05, 4.69) is 5.32 Å². The third-order valence-corrected chi connectivity index (χ3v) is 3.53. The average Bonchev–Trinajstić information content (AvgIpc) is 2.68. The second-order valence-electron chi connectivity index (χ2n) is 4.72. The van der Waals surface area contributed by atoms with Gasteiger partial charge in [0, 0.05) is 18.0 Å². The van der Waals surface area contributed by atoms with E-state index in [0.717, 1.165) is 6.07 Å². The number of hydrogen-bond acceptors (Lipinski definition) is 1. The summed E-state index contributed by atoms with van der Waals surface area (Å²) >= 11 is 0. The Bertz CT molecular complexity index is 489. The number of amides is 1. The van der Waals surface area contributed by atoms with Gasteiger partial charge in [-0.2, -0.15) is 0 Å². The van der Waals surface area contributed by atoms with E-state index in [1.807, 2.05) is 6.92 Å². The molecule has 1 aliphatic heterocycles. The van der Waals surface area contributed by atoms with Gasteiger partial charge in [-0.1, -0.05) is 6.92 Å². The Balaban J connectivity index is 2.28. The minimum atomic E-state index is -1.20. The van der Waals surface area contributed by atoms with E-state index in [0.29, 0.717) is 25.3 Å². The number of carbonyl (C=O) groups excluding carboxylic acids is 1. The summed E-state index contributed by atoms with van der Waals surface area (Å²) in [6, 6.07) is 1.41. The zero-order chi connectivity index (χ0) is 13.3. The first-order valence-corrected chi connectivity index (χ1v) is 5.90. The van der Waals surface area contributed by atoms with E-state index in [-0.39, 0.29) is 17.9 Å². The highest BCUT2D eigenvalue weighted by Gasteiger charge is 2.36. The Kier molecular flexibility index (Phi) is 3.32. The van der Waals surface area contributed by atoms with Crippen molar-refractivity contribution >= 4 is 5.91 Å². The van der Waals surface area contributed by atoms with Crippen molar-refractivity contribution in [2.24, 2.45) is 0 Å². The Morgan fingerprint density at radius 2 is 1.89 bits per heavy atom. The molecule has 0 saturated carbocycles. The number of halogens is 3. The lowest BCUT2D eigenvalue weighted by molar-refractivity contribution is -0.119. The van der Waals surface area contributed by atoms with E-state index < -0.39 is 23.0 Å². The van der Waals surface area contributed by atoms with Gasteiger partial charge in [-0.25, -0.2) is 13.2 Å². The van der Waals surface area contributed by atoms with Gasteiger partial charge in [0.1, 0.15) is 5.82 Å². The fourth-order valence-electron chi connectivity index (χ4n) is 2.36. The molecular formula is C13H14F3NO. The molecule has 1 aromatic carbocycles. The lowest BCUT2D eigenvalue weighted by atomic mass is 9.86. The quantitative estimate of drug-likeness (QED) is 0.829. The zero-order valence-electron chi connectivity index (χ0n) is 10.0. The van der Waals surface area contributed by atoms with Crippen LogP contribution in [0.3, 0.4) is 0 Å². The van der Waals surface area contributed by atoms with E-state index in [1.165, 1.54) is 0 Å². The molecule has 1 amide bonds. The molecule has 18 heavy (non-hydrogen) atoms. The largest absolute Gasteiger partial charge is 0.350 e. The predicted octanol–water partition coefficient (Wildman–Crippen LogP) is 2.71. The smallest absolute Gasteiger partial charge is 0.220 e. The van der Waals surface area contributed by atoms with Crippen LogP contribution in [0, 0.1) is 17.5 Å². The van der Waals surface area contributed by atoms with E-state index in [9.17, 15) is 18.0 Å². The molecule has 0 spiro atoms. The summed E-state index contributed by atoms with van der Waals surface area (Å²) in [5.74, 6) is -3.12. The number of nitrogens with one attached hydrogen (secondary N) is 1. The van der Waals surface area contributed by atoms with E-state index in [1.54, 1.807) is 0 Å². The highest BCUT2D eigenvalue weighted by molar-refractivity contribution is 5.79. The fraction of sp³-hybridized carbons (Fsp3) is 0.462. The van der Waals surface area contributed by atoms with Gasteiger partial charge in [-0.05, 0) is 30.9 Å². The summed E-state index contributed by atoms with van der Waals surface area (Å²) in [5, 5.41) is 2.81. The molecule has 1 saturated heterocycles. The van der Waals surface area contributed by atoms with Crippen molar-refractivity contribution in [3.05, 3.63) is 35.1 Å². The monoisotopic (exact) mass is 257 g/mol. The first-order valence-electron chi connectivity index (χ1n) is 5.90. The molecule has 2 rings (SSSR count). The lowest BCUT2D eigenvalue weighted by Crippen LogP contribution is -2.43. The van der Waals surface area contributed by atoms with Crippen molar-refractivity contribution in [1.29, 1.82) is 0 Å². The summed E-state index contributed by atoms with van der Waals surface area (Å²) in [4.78, 5) is 11.3. The molecule has 98 valence electrons. The van der Waals surface area contributed by atoms with Crippen LogP contribution >= 0.6 is 0 Å². The molecule has 0 bridgehead atoms. The van der Waals surface area contributed by atoms with Gasteiger partial charge in [-0.15, -0.1) is 0 Å². The standard InChI is InChI=1S/C13H14F3NO/c1-2-13(4-3-12(18)17-13)7-8-5-10(15)11(16)6-9(8)14/h5-6H,2-4,7H2,1H3,(H,17,18). The maximum Gasteiger partial charge on any atom is 0.220 e. The van der Waals surface area contributed by atoms with Gasteiger partial charge < -0.3 is 5.32 Å². The maximum absolute atomic E-state index is 13.6. The molecule has 1 unspecified atom stereocenters. The van der Waals surface area contributed by atoms with Crippen molar-refractivity contribution < 1.29 is 18.0 Å². The molecule has 0 radical (unpaired) electrons. The van der Waals surface area contributed by atoms with Crippen LogP contribution in [0.15, 0.2) is 12.1 Å². The van der Waals surface area contributed by atoms with Crippen molar-refractivity contribution in [2.45, 2.75) is 38.1 Å². The van der Waals surface area contributed by atoms with Crippen LogP contribution < -0.4 is 5.32 Å². The molecule has 5 heteroatoms. The maximum atomic E-state index is 13.6. The topological polar surface area (TPSA) is 29.1 Å². The van der Waals surface area contributed by atoms with Crippen molar-refractivity contribution in [2.75, 3.05) is 0 Å². The number of hydrogen-bond donors (Lipinski definition) is 1. The van der Waals surface area contributed by atoms with Crippen LogP contribution in [0.2, 0.25) is 0 Å². The predicted molar refractivity (Wildman–Crippen MR) is 60.4 cm³/mol. The van der Waals surface area contributed by atoms with Crippen LogP contribution in [0.1, 0.15) is 31.7 Å². The van der Waals surface area contributed by atoms with Gasteiger partial charge in [0.2, 0.25) is 5.91 Å². The third kappa shape index (κ3) is 2.35. The van der Waals surface area contributed by atoms with Gasteiger partial charge in [-0.3, -0.25) is 4.79 Å². The van der Waals surface area contributed by atoms with E-state index in [4.69, 9.17) is 0 Å². The van der Waals surface area contributed by atoms with Gasteiger partial charge in [0.15, 0.2) is 11.6 Å². The number of carbonyl (C=O) groups is 1. The summed E-state index contributed by atoms with van der Waals surface area (Å²) < 4.78 is 39.5. The molecule has 0 aromatic heterocycles. The molecule has 1 atom stereocenters. The van der Waals surface area contributed by atoms with Crippen LogP contribution in [0.5, 0.6) is 0 Å². The SMILES string of the molecule is CCC1(Cc2cc(F)c(F)cc2F)CCC(=O)N1. The second-order valence-corrected chi connectivity index (χ2v) is 4.72. The minimum Gasteiger partial charge on any atom is -0.350 e. The Hall–Kier alpha value is -1.52. The fourth-order valence-corrected chi connectivity index (χ4v) is 2.36. The van der Waals surface area contributed by atoms with Crippen molar-refractivity contribution in [1.82, 2.24) is 5.32 Å². The molecule has 1 fully saturated rings. The summed E-state index contributed by atoms with van der Waals surface area (Å²) in [6.45, 7) is 1.88. The molecular weight excluding hydrogens is 243 g/mol. The molecule has 1 aliphatic rings. The van der Waals surface area contributed by atoms with Crippen LogP contribution in [-0.2, 0) is 11.2 Å². The molecule has 1 N–H and O–H groups in total. The zero-order valence-corrected chi connectivity index (χ0v) is 10.0. The number of rotatable bonds is 3. The summed E-state index contributed by atoms with van der Waals surface area (Å²) in [5.41, 5.74) is -0.444. The first kappa shape index (κ1) is 12.9. The Morgan fingerprint density at radius 3 is 2.44 bits per heavy atom. The highest BCUT2D eigenvalue weighted by Crippen LogP contribution is 2.29. The van der Waals surface area contributed by atoms with Crippen LogP contribution in [-0.4, -0.2) is 11.4 Å². The van der Waals surface area contributed by atoms with E-state index >= 15 is 0 Å². The first-order chi connectivity index (χ1) is 8.46. The van der Waals surface area contributed by atoms with Crippen molar-refractivity contribution in [3.63, 3.8) is 0 Å². The summed E-state index contributed by atoms with van der Waals surface area (Å²) in [6.07, 6.45) is 1.77. The minimum absolute atomic E-state index is 0.0835. The molecule has 1 aromatic rings. The highest BCUT2D eigenvalue weighted by atomic mass is 19.2. The van der Waals surface area contributed by atoms with Gasteiger partial charge >= 0.3 is 0 Å². The number of benzene rings is 1. The van der Waals surface area contributed by atoms with Crippen LogP contribution in [0.25, 0.3) is 0 Å².